The predicted molar refractivity (Wildman–Crippen MR) is 74.2 cm³/mol. The molecule has 0 aromatic carbocycles. The van der Waals surface area contributed by atoms with Crippen LogP contribution in [0, 0.1) is 19.8 Å². The molecule has 0 amide bonds. The maximum absolute atomic E-state index is 6.20. The van der Waals surface area contributed by atoms with E-state index in [1.165, 1.54) is 32.1 Å². The highest BCUT2D eigenvalue weighted by Crippen LogP contribution is 2.39. The van der Waals surface area contributed by atoms with E-state index >= 15 is 0 Å². The van der Waals surface area contributed by atoms with Gasteiger partial charge in [0, 0.05) is 18.2 Å². The lowest BCUT2D eigenvalue weighted by molar-refractivity contribution is 0.360. The minimum Gasteiger partial charge on any atom is -0.353 e. The van der Waals surface area contributed by atoms with Crippen LogP contribution in [-0.4, -0.2) is 22.6 Å². The van der Waals surface area contributed by atoms with Gasteiger partial charge in [0.1, 0.15) is 16.8 Å². The summed E-state index contributed by atoms with van der Waals surface area (Å²) in [5.41, 5.74) is 1.04. The van der Waals surface area contributed by atoms with Crippen molar-refractivity contribution in [3.05, 3.63) is 16.5 Å². The number of hydrogen-bond donors (Lipinski definition) is 0. The van der Waals surface area contributed by atoms with Gasteiger partial charge in [-0.1, -0.05) is 18.0 Å². The normalized spacial score (nSPS) is 27.4. The maximum Gasteiger partial charge on any atom is 0.137 e. The number of halogens is 1. The molecular formula is C14H20ClN3. The summed E-state index contributed by atoms with van der Waals surface area (Å²) in [6.07, 6.45) is 6.73. The third-order valence-electron chi connectivity index (χ3n) is 4.44. The van der Waals surface area contributed by atoms with Gasteiger partial charge < -0.3 is 4.90 Å². The molecule has 0 radical (unpaired) electrons. The summed E-state index contributed by atoms with van der Waals surface area (Å²) < 4.78 is 0. The van der Waals surface area contributed by atoms with E-state index in [4.69, 9.17) is 11.6 Å². The molecule has 1 aliphatic heterocycles. The summed E-state index contributed by atoms with van der Waals surface area (Å²) in [6, 6.07) is 0.683. The van der Waals surface area contributed by atoms with Crippen molar-refractivity contribution >= 4 is 17.4 Å². The Hall–Kier alpha value is -0.830. The summed E-state index contributed by atoms with van der Waals surface area (Å²) >= 11 is 6.20. The number of anilines is 1. The molecule has 2 atom stereocenters. The Morgan fingerprint density at radius 1 is 1.11 bits per heavy atom. The molecule has 1 saturated carbocycles. The van der Waals surface area contributed by atoms with E-state index < -0.39 is 0 Å². The predicted octanol–water partition coefficient (Wildman–Crippen LogP) is 3.52. The van der Waals surface area contributed by atoms with Gasteiger partial charge in [0.25, 0.3) is 0 Å². The van der Waals surface area contributed by atoms with E-state index in [9.17, 15) is 0 Å². The number of fused-ring (bicyclic) bond motifs is 1. The van der Waals surface area contributed by atoms with E-state index in [0.29, 0.717) is 11.2 Å². The van der Waals surface area contributed by atoms with Crippen LogP contribution in [0.1, 0.15) is 43.5 Å². The first-order chi connectivity index (χ1) is 8.66. The van der Waals surface area contributed by atoms with Crippen LogP contribution in [-0.2, 0) is 0 Å². The standard InChI is InChI=1S/C14H20ClN3/c1-9-13(15)16-10(2)17-14(9)18-8-4-6-11-5-3-7-12(11)18/h11-12H,3-8H2,1-2H3. The van der Waals surface area contributed by atoms with Gasteiger partial charge in [-0.05, 0) is 45.4 Å². The SMILES string of the molecule is Cc1nc(Cl)c(C)c(N2CCCC3CCCC32)n1. The average molecular weight is 266 g/mol. The van der Waals surface area contributed by atoms with E-state index in [2.05, 4.69) is 14.9 Å². The molecule has 0 N–H and O–H groups in total. The number of piperidine rings is 1. The zero-order valence-electron chi connectivity index (χ0n) is 11.1. The number of rotatable bonds is 1. The van der Waals surface area contributed by atoms with Gasteiger partial charge >= 0.3 is 0 Å². The van der Waals surface area contributed by atoms with Crippen LogP contribution in [0.3, 0.4) is 0 Å². The van der Waals surface area contributed by atoms with E-state index in [1.807, 2.05) is 13.8 Å². The van der Waals surface area contributed by atoms with E-state index in [0.717, 1.165) is 29.7 Å². The molecule has 1 aromatic heterocycles. The first-order valence-electron chi connectivity index (χ1n) is 6.94. The highest BCUT2D eigenvalue weighted by Gasteiger charge is 2.36. The topological polar surface area (TPSA) is 29.0 Å². The largest absolute Gasteiger partial charge is 0.353 e. The molecular weight excluding hydrogens is 246 g/mol. The van der Waals surface area contributed by atoms with Gasteiger partial charge in [-0.3, -0.25) is 0 Å². The van der Waals surface area contributed by atoms with Gasteiger partial charge in [0.05, 0.1) is 0 Å². The quantitative estimate of drug-likeness (QED) is 0.728. The minimum absolute atomic E-state index is 0.609. The first kappa shape index (κ1) is 12.2. The maximum atomic E-state index is 6.20. The van der Waals surface area contributed by atoms with E-state index in [1.54, 1.807) is 0 Å². The monoisotopic (exact) mass is 265 g/mol. The van der Waals surface area contributed by atoms with Crippen LogP contribution in [0.15, 0.2) is 0 Å². The molecule has 1 aromatic rings. The molecule has 2 fully saturated rings. The van der Waals surface area contributed by atoms with Gasteiger partial charge in [0.15, 0.2) is 0 Å². The number of nitrogens with zero attached hydrogens (tertiary/aromatic N) is 3. The van der Waals surface area contributed by atoms with E-state index in [-0.39, 0.29) is 0 Å². The molecule has 2 unspecified atom stereocenters. The third kappa shape index (κ3) is 1.99. The first-order valence-corrected chi connectivity index (χ1v) is 7.32. The summed E-state index contributed by atoms with van der Waals surface area (Å²) in [7, 11) is 0. The fourth-order valence-electron chi connectivity index (χ4n) is 3.58. The van der Waals surface area contributed by atoms with Crippen molar-refractivity contribution in [2.75, 3.05) is 11.4 Å². The lowest BCUT2D eigenvalue weighted by Crippen LogP contribution is -2.43. The summed E-state index contributed by atoms with van der Waals surface area (Å²) in [4.78, 5) is 11.4. The fourth-order valence-corrected chi connectivity index (χ4v) is 3.78. The molecule has 3 rings (SSSR count). The van der Waals surface area contributed by atoms with Crippen LogP contribution in [0.2, 0.25) is 5.15 Å². The Morgan fingerprint density at radius 3 is 2.72 bits per heavy atom. The van der Waals surface area contributed by atoms with Crippen LogP contribution in [0.4, 0.5) is 5.82 Å². The molecule has 1 aliphatic carbocycles. The fraction of sp³-hybridized carbons (Fsp3) is 0.714. The number of aryl methyl sites for hydroxylation is 1. The van der Waals surface area contributed by atoms with Crippen LogP contribution in [0.5, 0.6) is 0 Å². The Bertz CT molecular complexity index is 461. The molecule has 2 aliphatic rings. The van der Waals surface area contributed by atoms with Gasteiger partial charge in [-0.15, -0.1) is 0 Å². The van der Waals surface area contributed by atoms with Crippen LogP contribution >= 0.6 is 11.6 Å². The lowest BCUT2D eigenvalue weighted by Gasteiger charge is -2.39. The molecule has 98 valence electrons. The van der Waals surface area contributed by atoms with Crippen molar-refractivity contribution in [3.8, 4) is 0 Å². The Labute approximate surface area is 114 Å². The Kier molecular flexibility index (Phi) is 3.18. The number of hydrogen-bond acceptors (Lipinski definition) is 3. The van der Waals surface area contributed by atoms with Crippen molar-refractivity contribution in [3.63, 3.8) is 0 Å². The lowest BCUT2D eigenvalue weighted by atomic mass is 9.92. The Balaban J connectivity index is 1.98. The highest BCUT2D eigenvalue weighted by atomic mass is 35.5. The third-order valence-corrected chi connectivity index (χ3v) is 4.81. The second-order valence-electron chi connectivity index (χ2n) is 5.60. The van der Waals surface area contributed by atoms with Crippen molar-refractivity contribution in [1.29, 1.82) is 0 Å². The van der Waals surface area contributed by atoms with Crippen molar-refractivity contribution in [2.24, 2.45) is 5.92 Å². The average Bonchev–Trinajstić information content (AvgIpc) is 2.81. The van der Waals surface area contributed by atoms with Gasteiger partial charge in [0.2, 0.25) is 0 Å². The zero-order chi connectivity index (χ0) is 12.7. The molecule has 0 spiro atoms. The Morgan fingerprint density at radius 2 is 1.89 bits per heavy atom. The molecule has 4 heteroatoms. The molecule has 3 nitrogen and oxygen atoms in total. The van der Waals surface area contributed by atoms with Gasteiger partial charge in [-0.25, -0.2) is 9.97 Å². The van der Waals surface area contributed by atoms with Crippen molar-refractivity contribution in [2.45, 2.75) is 52.0 Å². The van der Waals surface area contributed by atoms with Crippen molar-refractivity contribution < 1.29 is 0 Å². The number of aromatic nitrogens is 2. The van der Waals surface area contributed by atoms with Gasteiger partial charge in [-0.2, -0.15) is 0 Å². The highest BCUT2D eigenvalue weighted by molar-refractivity contribution is 6.30. The van der Waals surface area contributed by atoms with Crippen LogP contribution in [0.25, 0.3) is 0 Å². The second-order valence-corrected chi connectivity index (χ2v) is 5.96. The second kappa shape index (κ2) is 4.69. The molecule has 2 heterocycles. The molecule has 0 bridgehead atoms. The smallest absolute Gasteiger partial charge is 0.137 e. The van der Waals surface area contributed by atoms with Crippen LogP contribution < -0.4 is 4.90 Å². The zero-order valence-corrected chi connectivity index (χ0v) is 11.9. The summed E-state index contributed by atoms with van der Waals surface area (Å²) in [6.45, 7) is 5.08. The minimum atomic E-state index is 0.609. The van der Waals surface area contributed by atoms with Crippen molar-refractivity contribution in [1.82, 2.24) is 9.97 Å². The summed E-state index contributed by atoms with van der Waals surface area (Å²) in [5.74, 6) is 2.72. The summed E-state index contributed by atoms with van der Waals surface area (Å²) in [5, 5.41) is 0.609. The molecule has 1 saturated heterocycles. The molecule has 18 heavy (non-hydrogen) atoms.